The molecule has 0 aromatic heterocycles. The maximum absolute atomic E-state index is 13.0. The lowest BCUT2D eigenvalue weighted by molar-refractivity contribution is -0.134. The van der Waals surface area contributed by atoms with Crippen LogP contribution in [-0.4, -0.2) is 39.3 Å². The van der Waals surface area contributed by atoms with Crippen LogP contribution in [-0.2, 0) is 11.2 Å². The number of carbonyl (C=O) groups excluding carboxylic acids is 1. The monoisotopic (exact) mass is 346 g/mol. The number of nitrogens with one attached hydrogen (secondary N) is 2. The average molecular weight is 346 g/mol. The molecule has 1 aromatic carbocycles. The van der Waals surface area contributed by atoms with E-state index < -0.39 is 0 Å². The molecular formula is C20H30N2O3. The van der Waals surface area contributed by atoms with Gasteiger partial charge in [-0.3, -0.25) is 4.79 Å². The molecule has 5 heteroatoms. The zero-order valence-corrected chi connectivity index (χ0v) is 15.6. The molecule has 2 fully saturated rings. The molecule has 1 saturated heterocycles. The number of hydrogen-bond acceptors (Lipinski definition) is 4. The van der Waals surface area contributed by atoms with Crippen molar-refractivity contribution < 1.29 is 14.3 Å². The summed E-state index contributed by atoms with van der Waals surface area (Å²) in [6, 6.07) is 6.02. The van der Waals surface area contributed by atoms with Crippen LogP contribution in [0.25, 0.3) is 0 Å². The summed E-state index contributed by atoms with van der Waals surface area (Å²) in [5.41, 5.74) is 0.942. The van der Waals surface area contributed by atoms with E-state index in [-0.39, 0.29) is 17.4 Å². The predicted molar refractivity (Wildman–Crippen MR) is 98.1 cm³/mol. The lowest BCUT2D eigenvalue weighted by atomic mass is 9.67. The topological polar surface area (TPSA) is 59.6 Å². The molecule has 25 heavy (non-hydrogen) atoms. The Balaban J connectivity index is 1.64. The molecule has 0 spiro atoms. The van der Waals surface area contributed by atoms with Crippen molar-refractivity contribution >= 4 is 5.91 Å². The molecule has 1 saturated carbocycles. The van der Waals surface area contributed by atoms with Gasteiger partial charge in [0.25, 0.3) is 0 Å². The molecule has 2 N–H and O–H groups in total. The average Bonchev–Trinajstić information content (AvgIpc) is 3.06. The van der Waals surface area contributed by atoms with Crippen LogP contribution < -0.4 is 20.1 Å². The Labute approximate surface area is 150 Å². The van der Waals surface area contributed by atoms with E-state index in [1.807, 2.05) is 18.2 Å². The van der Waals surface area contributed by atoms with Crippen LogP contribution in [0.2, 0.25) is 0 Å². The van der Waals surface area contributed by atoms with Crippen molar-refractivity contribution in [3.05, 3.63) is 23.8 Å². The first-order valence-electron chi connectivity index (χ1n) is 9.31. The molecular weight excluding hydrogens is 316 g/mol. The summed E-state index contributed by atoms with van der Waals surface area (Å²) < 4.78 is 10.7. The summed E-state index contributed by atoms with van der Waals surface area (Å²) in [5, 5.41) is 6.72. The highest BCUT2D eigenvalue weighted by Gasteiger charge is 2.49. The fourth-order valence-electron chi connectivity index (χ4n) is 4.47. The fraction of sp³-hybridized carbons (Fsp3) is 0.650. The largest absolute Gasteiger partial charge is 0.493 e. The van der Waals surface area contributed by atoms with Gasteiger partial charge >= 0.3 is 0 Å². The third kappa shape index (κ3) is 3.61. The van der Waals surface area contributed by atoms with Crippen LogP contribution >= 0.6 is 0 Å². The van der Waals surface area contributed by atoms with Gasteiger partial charge in [-0.05, 0) is 56.3 Å². The van der Waals surface area contributed by atoms with E-state index in [4.69, 9.17) is 9.47 Å². The van der Waals surface area contributed by atoms with Crippen molar-refractivity contribution in [1.82, 2.24) is 10.6 Å². The van der Waals surface area contributed by atoms with E-state index in [1.54, 1.807) is 14.2 Å². The normalized spacial score (nSPS) is 26.6. The Bertz CT molecular complexity index is 619. The van der Waals surface area contributed by atoms with Gasteiger partial charge in [0.2, 0.25) is 5.91 Å². The minimum Gasteiger partial charge on any atom is -0.493 e. The van der Waals surface area contributed by atoms with Gasteiger partial charge in [-0.15, -0.1) is 0 Å². The van der Waals surface area contributed by atoms with Crippen molar-refractivity contribution in [2.24, 2.45) is 11.3 Å². The number of fused-ring (bicyclic) bond motifs is 1. The SMILES string of the molecule is COc1ccc(CC(C)NC(=O)[C@@]23CCCC[C@H]2CNC3)cc1OC. The molecule has 1 amide bonds. The summed E-state index contributed by atoms with van der Waals surface area (Å²) >= 11 is 0. The van der Waals surface area contributed by atoms with E-state index in [2.05, 4.69) is 17.6 Å². The van der Waals surface area contributed by atoms with Crippen LogP contribution in [0.3, 0.4) is 0 Å². The number of ether oxygens (including phenoxy) is 2. The van der Waals surface area contributed by atoms with Crippen LogP contribution in [0.1, 0.15) is 38.2 Å². The van der Waals surface area contributed by atoms with Gasteiger partial charge in [-0.25, -0.2) is 0 Å². The van der Waals surface area contributed by atoms with Crippen LogP contribution in [0.4, 0.5) is 0 Å². The molecule has 3 rings (SSSR count). The van der Waals surface area contributed by atoms with Gasteiger partial charge in [0, 0.05) is 12.6 Å². The second kappa shape index (κ2) is 7.65. The maximum Gasteiger partial charge on any atom is 0.228 e. The number of rotatable bonds is 6. The highest BCUT2D eigenvalue weighted by molar-refractivity contribution is 5.84. The van der Waals surface area contributed by atoms with Crippen molar-refractivity contribution in [2.75, 3.05) is 27.3 Å². The van der Waals surface area contributed by atoms with Gasteiger partial charge in [-0.2, -0.15) is 0 Å². The minimum atomic E-state index is -0.190. The first-order valence-corrected chi connectivity index (χ1v) is 9.31. The second-order valence-electron chi connectivity index (χ2n) is 7.50. The molecule has 1 aromatic rings. The molecule has 1 unspecified atom stereocenters. The van der Waals surface area contributed by atoms with Crippen molar-refractivity contribution in [3.8, 4) is 11.5 Å². The first-order chi connectivity index (χ1) is 12.1. The van der Waals surface area contributed by atoms with Crippen LogP contribution in [0.5, 0.6) is 11.5 Å². The lowest BCUT2D eigenvalue weighted by Crippen LogP contribution is -2.50. The summed E-state index contributed by atoms with van der Waals surface area (Å²) in [6.07, 6.45) is 5.38. The van der Waals surface area contributed by atoms with E-state index in [9.17, 15) is 4.79 Å². The quantitative estimate of drug-likeness (QED) is 0.831. The zero-order valence-electron chi connectivity index (χ0n) is 15.6. The molecule has 0 bridgehead atoms. The van der Waals surface area contributed by atoms with Crippen LogP contribution in [0.15, 0.2) is 18.2 Å². The van der Waals surface area contributed by atoms with E-state index in [0.717, 1.165) is 49.4 Å². The zero-order chi connectivity index (χ0) is 17.9. The Morgan fingerprint density at radius 1 is 1.32 bits per heavy atom. The molecule has 3 atom stereocenters. The summed E-state index contributed by atoms with van der Waals surface area (Å²) in [4.78, 5) is 13.0. The van der Waals surface area contributed by atoms with Gasteiger partial charge in [-0.1, -0.05) is 18.9 Å². The van der Waals surface area contributed by atoms with E-state index >= 15 is 0 Å². The third-order valence-corrected chi connectivity index (χ3v) is 5.86. The molecule has 0 radical (unpaired) electrons. The van der Waals surface area contributed by atoms with E-state index in [1.165, 1.54) is 12.8 Å². The Kier molecular flexibility index (Phi) is 5.52. The molecule has 1 aliphatic heterocycles. The number of hydrogen-bond donors (Lipinski definition) is 2. The lowest BCUT2D eigenvalue weighted by Gasteiger charge is -2.38. The first kappa shape index (κ1) is 18.1. The molecule has 5 nitrogen and oxygen atoms in total. The fourth-order valence-corrected chi connectivity index (χ4v) is 4.47. The second-order valence-corrected chi connectivity index (χ2v) is 7.50. The molecule has 1 aliphatic carbocycles. The predicted octanol–water partition coefficient (Wildman–Crippen LogP) is 2.53. The molecule has 2 aliphatic rings. The third-order valence-electron chi connectivity index (χ3n) is 5.86. The Morgan fingerprint density at radius 2 is 2.12 bits per heavy atom. The van der Waals surface area contributed by atoms with Gasteiger partial charge in [0.1, 0.15) is 0 Å². The standard InChI is InChI=1S/C20H30N2O3/c1-14(10-15-7-8-17(24-2)18(11-15)25-3)22-19(23)20-9-5-4-6-16(20)12-21-13-20/h7-8,11,14,16,21H,4-6,9-10,12-13H2,1-3H3,(H,22,23)/t14?,16-,20+/m0/s1. The molecule has 138 valence electrons. The number of methoxy groups -OCH3 is 2. The van der Waals surface area contributed by atoms with E-state index in [0.29, 0.717) is 5.92 Å². The Hall–Kier alpha value is -1.75. The highest BCUT2D eigenvalue weighted by Crippen LogP contribution is 2.44. The smallest absolute Gasteiger partial charge is 0.228 e. The van der Waals surface area contributed by atoms with Crippen LogP contribution in [0, 0.1) is 11.3 Å². The van der Waals surface area contributed by atoms with Crippen molar-refractivity contribution in [3.63, 3.8) is 0 Å². The highest BCUT2D eigenvalue weighted by atomic mass is 16.5. The molecule has 1 heterocycles. The maximum atomic E-state index is 13.0. The summed E-state index contributed by atoms with van der Waals surface area (Å²) in [6.45, 7) is 3.88. The summed E-state index contributed by atoms with van der Waals surface area (Å²) in [7, 11) is 3.28. The summed E-state index contributed by atoms with van der Waals surface area (Å²) in [5.74, 6) is 2.18. The van der Waals surface area contributed by atoms with Gasteiger partial charge in [0.15, 0.2) is 11.5 Å². The van der Waals surface area contributed by atoms with Gasteiger partial charge in [0.05, 0.1) is 19.6 Å². The minimum absolute atomic E-state index is 0.0863. The number of carbonyl (C=O) groups is 1. The van der Waals surface area contributed by atoms with Crippen molar-refractivity contribution in [2.45, 2.75) is 45.1 Å². The number of amides is 1. The number of benzene rings is 1. The van der Waals surface area contributed by atoms with Crippen molar-refractivity contribution in [1.29, 1.82) is 0 Å². The Morgan fingerprint density at radius 3 is 2.88 bits per heavy atom. The van der Waals surface area contributed by atoms with Gasteiger partial charge < -0.3 is 20.1 Å².